The van der Waals surface area contributed by atoms with Crippen molar-refractivity contribution in [2.75, 3.05) is 31.1 Å². The van der Waals surface area contributed by atoms with E-state index in [4.69, 9.17) is 9.52 Å². The van der Waals surface area contributed by atoms with Crippen molar-refractivity contribution >= 4 is 49.5 Å². The van der Waals surface area contributed by atoms with Crippen molar-refractivity contribution in [1.82, 2.24) is 4.90 Å². The summed E-state index contributed by atoms with van der Waals surface area (Å²) in [6, 6.07) is 1.47. The van der Waals surface area contributed by atoms with Gasteiger partial charge in [0.05, 0.1) is 4.47 Å². The Kier molecular flexibility index (Phi) is 3.43. The summed E-state index contributed by atoms with van der Waals surface area (Å²) in [5.74, 6) is 0.492. The summed E-state index contributed by atoms with van der Waals surface area (Å²) in [5, 5.41) is 10.7. The first-order valence-corrected chi connectivity index (χ1v) is 7.67. The second-order valence-corrected chi connectivity index (χ2v) is 6.18. The van der Waals surface area contributed by atoms with Crippen molar-refractivity contribution in [3.63, 3.8) is 0 Å². The third kappa shape index (κ3) is 2.29. The number of rotatable bonds is 1. The van der Waals surface area contributed by atoms with E-state index >= 15 is 0 Å². The molecule has 0 radical (unpaired) electrons. The van der Waals surface area contributed by atoms with Gasteiger partial charge in [0.15, 0.2) is 11.5 Å². The molecule has 2 aromatic heterocycles. The van der Waals surface area contributed by atoms with E-state index in [0.717, 1.165) is 4.47 Å². The van der Waals surface area contributed by atoms with E-state index in [1.807, 2.05) is 10.3 Å². The second kappa shape index (κ2) is 5.10. The van der Waals surface area contributed by atoms with E-state index in [2.05, 4.69) is 15.9 Å². The molecule has 0 saturated carbocycles. The van der Waals surface area contributed by atoms with Gasteiger partial charge in [-0.15, -0.1) is 11.3 Å². The molecule has 20 heavy (non-hydrogen) atoms. The highest BCUT2D eigenvalue weighted by Crippen LogP contribution is 2.31. The van der Waals surface area contributed by atoms with E-state index in [9.17, 15) is 9.59 Å². The van der Waals surface area contributed by atoms with Crippen LogP contribution in [-0.2, 0) is 0 Å². The van der Waals surface area contributed by atoms with Gasteiger partial charge in [0.2, 0.25) is 5.43 Å². The minimum absolute atomic E-state index is 0.0717. The Morgan fingerprint density at radius 2 is 2.05 bits per heavy atom. The van der Waals surface area contributed by atoms with Crippen LogP contribution in [-0.4, -0.2) is 42.3 Å². The van der Waals surface area contributed by atoms with Crippen LogP contribution < -0.4 is 10.3 Å². The Morgan fingerprint density at radius 1 is 1.35 bits per heavy atom. The van der Waals surface area contributed by atoms with Gasteiger partial charge < -0.3 is 19.3 Å². The molecule has 0 aliphatic carbocycles. The molecule has 1 aliphatic heterocycles. The molecule has 0 bridgehead atoms. The topological polar surface area (TPSA) is 74.0 Å². The monoisotopic (exact) mass is 358 g/mol. The predicted octanol–water partition coefficient (Wildman–Crippen LogP) is 2.42. The van der Waals surface area contributed by atoms with Gasteiger partial charge in [-0.05, 0) is 15.9 Å². The van der Waals surface area contributed by atoms with Crippen LogP contribution in [0.1, 0.15) is 0 Å². The molecule has 8 heteroatoms. The highest BCUT2D eigenvalue weighted by atomic mass is 79.9. The van der Waals surface area contributed by atoms with Crippen LogP contribution >= 0.6 is 27.3 Å². The maximum absolute atomic E-state index is 12.0. The van der Waals surface area contributed by atoms with Gasteiger partial charge in [-0.2, -0.15) is 0 Å². The summed E-state index contributed by atoms with van der Waals surface area (Å²) in [7, 11) is 0. The summed E-state index contributed by atoms with van der Waals surface area (Å²) >= 11 is 4.70. The second-order valence-electron chi connectivity index (χ2n) is 4.45. The van der Waals surface area contributed by atoms with Gasteiger partial charge in [-0.1, -0.05) is 0 Å². The lowest BCUT2D eigenvalue weighted by Crippen LogP contribution is -2.48. The van der Waals surface area contributed by atoms with Gasteiger partial charge in [0, 0.05) is 37.6 Å². The molecule has 0 unspecified atom stereocenters. The molecular weight excluding hydrogens is 348 g/mol. The first-order chi connectivity index (χ1) is 9.56. The van der Waals surface area contributed by atoms with E-state index in [1.165, 1.54) is 22.3 Å². The largest absolute Gasteiger partial charge is 0.465 e. The average molecular weight is 359 g/mol. The minimum atomic E-state index is -0.915. The predicted molar refractivity (Wildman–Crippen MR) is 79.9 cm³/mol. The number of fused-ring (bicyclic) bond motifs is 1. The number of hydrogen-bond acceptors (Lipinski definition) is 5. The number of anilines is 1. The average Bonchev–Trinajstić information content (AvgIpc) is 2.81. The summed E-state index contributed by atoms with van der Waals surface area (Å²) in [4.78, 5) is 26.1. The normalized spacial score (nSPS) is 15.8. The number of piperazine rings is 1. The summed E-state index contributed by atoms with van der Waals surface area (Å²) in [5.41, 5.74) is 0.482. The zero-order chi connectivity index (χ0) is 14.3. The third-order valence-corrected chi connectivity index (χ3v) is 5.12. The van der Waals surface area contributed by atoms with Crippen LogP contribution in [0, 0.1) is 0 Å². The number of hydrogen-bond donors (Lipinski definition) is 1. The molecule has 0 aromatic carbocycles. The Morgan fingerprint density at radius 3 is 2.70 bits per heavy atom. The van der Waals surface area contributed by atoms with Crippen molar-refractivity contribution in [2.45, 2.75) is 0 Å². The van der Waals surface area contributed by atoms with Crippen LogP contribution in [0.2, 0.25) is 0 Å². The molecule has 1 N–H and O–H groups in total. The van der Waals surface area contributed by atoms with Gasteiger partial charge in [0.1, 0.15) is 4.70 Å². The molecule has 106 valence electrons. The molecule has 3 heterocycles. The molecule has 1 fully saturated rings. The van der Waals surface area contributed by atoms with Crippen molar-refractivity contribution in [3.05, 3.63) is 26.1 Å². The van der Waals surface area contributed by atoms with Crippen molar-refractivity contribution in [2.24, 2.45) is 0 Å². The number of carboxylic acid groups (broad SMARTS) is 1. The van der Waals surface area contributed by atoms with Crippen molar-refractivity contribution in [1.29, 1.82) is 0 Å². The van der Waals surface area contributed by atoms with E-state index < -0.39 is 6.09 Å². The first-order valence-electron chi connectivity index (χ1n) is 6.00. The number of nitrogens with zero attached hydrogens (tertiary/aromatic N) is 2. The Labute approximate surface area is 126 Å². The number of amides is 1. The lowest BCUT2D eigenvalue weighted by atomic mass is 10.3. The van der Waals surface area contributed by atoms with Gasteiger partial charge >= 0.3 is 6.09 Å². The van der Waals surface area contributed by atoms with E-state index in [-0.39, 0.29) is 5.43 Å². The van der Waals surface area contributed by atoms with Crippen LogP contribution in [0.3, 0.4) is 0 Å². The van der Waals surface area contributed by atoms with Gasteiger partial charge in [0.25, 0.3) is 0 Å². The zero-order valence-corrected chi connectivity index (χ0v) is 12.7. The van der Waals surface area contributed by atoms with E-state index in [0.29, 0.717) is 42.3 Å². The van der Waals surface area contributed by atoms with Crippen molar-refractivity contribution in [3.8, 4) is 0 Å². The fraction of sp³-hybridized carbons (Fsp3) is 0.333. The lowest BCUT2D eigenvalue weighted by molar-refractivity contribution is 0.142. The molecule has 1 aliphatic rings. The Bertz CT molecular complexity index is 718. The highest BCUT2D eigenvalue weighted by molar-refractivity contribution is 9.10. The highest BCUT2D eigenvalue weighted by Gasteiger charge is 2.23. The SMILES string of the molecule is O=C(O)N1CCN(c2cc(=O)c3scc(Br)c3o2)CC1. The van der Waals surface area contributed by atoms with Crippen LogP contribution in [0.5, 0.6) is 0 Å². The quantitative estimate of drug-likeness (QED) is 0.847. The zero-order valence-electron chi connectivity index (χ0n) is 10.3. The fourth-order valence-corrected chi connectivity index (χ4v) is 3.63. The molecular formula is C12H11BrN2O4S. The Hall–Kier alpha value is -1.54. The smallest absolute Gasteiger partial charge is 0.407 e. The maximum atomic E-state index is 12.0. The summed E-state index contributed by atoms with van der Waals surface area (Å²) in [6.45, 7) is 1.84. The Balaban J connectivity index is 1.90. The summed E-state index contributed by atoms with van der Waals surface area (Å²) < 4.78 is 7.12. The van der Waals surface area contributed by atoms with Crippen molar-refractivity contribution < 1.29 is 14.3 Å². The molecule has 1 amide bonds. The minimum Gasteiger partial charge on any atom is -0.465 e. The van der Waals surface area contributed by atoms with Gasteiger partial charge in [-0.3, -0.25) is 4.79 Å². The molecule has 0 atom stereocenters. The maximum Gasteiger partial charge on any atom is 0.407 e. The third-order valence-electron chi connectivity index (χ3n) is 3.25. The first kappa shape index (κ1) is 13.4. The number of halogens is 1. The van der Waals surface area contributed by atoms with Crippen LogP contribution in [0.4, 0.5) is 10.7 Å². The van der Waals surface area contributed by atoms with Crippen LogP contribution in [0.15, 0.2) is 25.1 Å². The number of carbonyl (C=O) groups is 1. The molecule has 0 spiro atoms. The fourth-order valence-electron chi connectivity index (χ4n) is 2.18. The van der Waals surface area contributed by atoms with E-state index in [1.54, 1.807) is 0 Å². The molecule has 2 aromatic rings. The standard InChI is InChI=1S/C12H11BrN2O4S/c13-7-6-20-11-8(16)5-9(19-10(7)11)14-1-3-15(4-2-14)12(17)18/h5-6H,1-4H2,(H,17,18). The van der Waals surface area contributed by atoms with Gasteiger partial charge in [-0.25, -0.2) is 4.79 Å². The molecule has 1 saturated heterocycles. The number of thiophene rings is 1. The lowest BCUT2D eigenvalue weighted by Gasteiger charge is -2.33. The summed E-state index contributed by atoms with van der Waals surface area (Å²) in [6.07, 6.45) is -0.915. The van der Waals surface area contributed by atoms with Crippen LogP contribution in [0.25, 0.3) is 10.3 Å². The molecule has 3 rings (SSSR count). The molecule has 6 nitrogen and oxygen atoms in total.